The zero-order valence-electron chi connectivity index (χ0n) is 9.44. The molecule has 2 rings (SSSR count). The monoisotopic (exact) mass is 242 g/mol. The number of hydrogen-bond acceptors (Lipinski definition) is 5. The highest BCUT2D eigenvalue weighted by Crippen LogP contribution is 2.34. The molecule has 0 aromatic carbocycles. The van der Waals surface area contributed by atoms with Gasteiger partial charge in [-0.05, 0) is 24.8 Å². The standard InChI is InChI=1S/C11H18N2O2S/c1-14-9-6-10(16-7-9)11(13-12)8-2-4-15-5-3-8/h6-8,11,13H,2-5,12H2,1H3. The molecule has 0 radical (unpaired) electrons. The van der Waals surface area contributed by atoms with Crippen LogP contribution in [0.3, 0.4) is 0 Å². The van der Waals surface area contributed by atoms with Gasteiger partial charge in [0.15, 0.2) is 0 Å². The zero-order valence-corrected chi connectivity index (χ0v) is 10.3. The molecule has 1 aromatic rings. The lowest BCUT2D eigenvalue weighted by Gasteiger charge is -2.29. The van der Waals surface area contributed by atoms with E-state index in [1.165, 1.54) is 4.88 Å². The lowest BCUT2D eigenvalue weighted by Crippen LogP contribution is -2.35. The van der Waals surface area contributed by atoms with E-state index < -0.39 is 0 Å². The van der Waals surface area contributed by atoms with E-state index in [2.05, 4.69) is 11.5 Å². The topological polar surface area (TPSA) is 56.5 Å². The van der Waals surface area contributed by atoms with Crippen LogP contribution >= 0.6 is 11.3 Å². The lowest BCUT2D eigenvalue weighted by atomic mass is 9.91. The summed E-state index contributed by atoms with van der Waals surface area (Å²) in [6, 6.07) is 2.28. The van der Waals surface area contributed by atoms with Crippen LogP contribution in [-0.2, 0) is 4.74 Å². The molecule has 90 valence electrons. The highest BCUT2D eigenvalue weighted by atomic mass is 32.1. The molecule has 5 heteroatoms. The maximum absolute atomic E-state index is 5.66. The molecule has 0 saturated carbocycles. The third kappa shape index (κ3) is 2.55. The van der Waals surface area contributed by atoms with E-state index >= 15 is 0 Å². The summed E-state index contributed by atoms with van der Waals surface area (Å²) in [5, 5.41) is 2.01. The first kappa shape index (κ1) is 11.9. The molecule has 16 heavy (non-hydrogen) atoms. The van der Waals surface area contributed by atoms with E-state index in [1.54, 1.807) is 18.4 Å². The summed E-state index contributed by atoms with van der Waals surface area (Å²) in [5.41, 5.74) is 2.92. The van der Waals surface area contributed by atoms with Gasteiger partial charge in [-0.2, -0.15) is 0 Å². The minimum absolute atomic E-state index is 0.220. The molecular formula is C11H18N2O2S. The molecule has 0 amide bonds. The highest BCUT2D eigenvalue weighted by molar-refractivity contribution is 7.10. The Morgan fingerprint density at radius 3 is 2.88 bits per heavy atom. The van der Waals surface area contributed by atoms with E-state index in [4.69, 9.17) is 15.3 Å². The predicted octanol–water partition coefficient (Wildman–Crippen LogP) is 1.69. The summed E-state index contributed by atoms with van der Waals surface area (Å²) < 4.78 is 10.6. The van der Waals surface area contributed by atoms with Crippen molar-refractivity contribution in [1.29, 1.82) is 0 Å². The third-order valence-electron chi connectivity index (χ3n) is 3.05. The second kappa shape index (κ2) is 5.63. The van der Waals surface area contributed by atoms with Crippen molar-refractivity contribution in [1.82, 2.24) is 5.43 Å². The van der Waals surface area contributed by atoms with Gasteiger partial charge in [0.2, 0.25) is 0 Å². The summed E-state index contributed by atoms with van der Waals surface area (Å²) in [4.78, 5) is 1.24. The Balaban J connectivity index is 2.08. The van der Waals surface area contributed by atoms with Gasteiger partial charge < -0.3 is 9.47 Å². The van der Waals surface area contributed by atoms with Crippen LogP contribution in [0.2, 0.25) is 0 Å². The number of hydrogen-bond donors (Lipinski definition) is 2. The molecule has 1 fully saturated rings. The van der Waals surface area contributed by atoms with Crippen LogP contribution in [0.1, 0.15) is 23.8 Å². The molecule has 1 atom stereocenters. The fraction of sp³-hybridized carbons (Fsp3) is 0.636. The van der Waals surface area contributed by atoms with Crippen LogP contribution in [0.15, 0.2) is 11.4 Å². The van der Waals surface area contributed by atoms with E-state index in [1.807, 2.05) is 5.38 Å². The Morgan fingerprint density at radius 2 is 2.31 bits per heavy atom. The third-order valence-corrected chi connectivity index (χ3v) is 4.05. The van der Waals surface area contributed by atoms with Crippen LogP contribution in [-0.4, -0.2) is 20.3 Å². The van der Waals surface area contributed by atoms with Crippen molar-refractivity contribution in [2.24, 2.45) is 11.8 Å². The van der Waals surface area contributed by atoms with Gasteiger partial charge in [0.1, 0.15) is 5.75 Å². The number of thiophene rings is 1. The SMILES string of the molecule is COc1csc(C(NN)C2CCOCC2)c1. The van der Waals surface area contributed by atoms with Gasteiger partial charge in [0.25, 0.3) is 0 Å². The fourth-order valence-electron chi connectivity index (χ4n) is 2.10. The molecule has 0 aliphatic carbocycles. The Morgan fingerprint density at radius 1 is 1.56 bits per heavy atom. The van der Waals surface area contributed by atoms with E-state index in [9.17, 15) is 0 Å². The van der Waals surface area contributed by atoms with Crippen LogP contribution < -0.4 is 16.0 Å². The molecule has 1 aliphatic heterocycles. The number of hydrazine groups is 1. The molecule has 1 aliphatic rings. The van der Waals surface area contributed by atoms with Crippen molar-refractivity contribution in [2.75, 3.05) is 20.3 Å². The largest absolute Gasteiger partial charge is 0.496 e. The maximum atomic E-state index is 5.66. The van der Waals surface area contributed by atoms with Gasteiger partial charge in [0, 0.05) is 23.5 Å². The second-order valence-electron chi connectivity index (χ2n) is 3.98. The highest BCUT2D eigenvalue weighted by Gasteiger charge is 2.25. The quantitative estimate of drug-likeness (QED) is 0.623. The second-order valence-corrected chi connectivity index (χ2v) is 4.93. The van der Waals surface area contributed by atoms with E-state index in [0.29, 0.717) is 5.92 Å². The fourth-order valence-corrected chi connectivity index (χ4v) is 3.11. The first-order chi connectivity index (χ1) is 7.85. The number of nitrogens with two attached hydrogens (primary N) is 1. The normalized spacial score (nSPS) is 19.6. The molecule has 3 N–H and O–H groups in total. The number of rotatable bonds is 4. The van der Waals surface area contributed by atoms with Gasteiger partial charge in [-0.25, -0.2) is 0 Å². The van der Waals surface area contributed by atoms with Gasteiger partial charge in [0.05, 0.1) is 13.2 Å². The Labute approximate surface area is 99.7 Å². The molecule has 1 unspecified atom stereocenters. The summed E-state index contributed by atoms with van der Waals surface area (Å²) in [7, 11) is 1.69. The predicted molar refractivity (Wildman–Crippen MR) is 64.5 cm³/mol. The Kier molecular flexibility index (Phi) is 4.17. The molecule has 1 saturated heterocycles. The van der Waals surface area contributed by atoms with Gasteiger partial charge in [-0.15, -0.1) is 11.3 Å². The van der Waals surface area contributed by atoms with Crippen LogP contribution in [0, 0.1) is 5.92 Å². The van der Waals surface area contributed by atoms with Crippen LogP contribution in [0.5, 0.6) is 5.75 Å². The summed E-state index contributed by atoms with van der Waals surface area (Å²) in [6.07, 6.45) is 2.13. The first-order valence-electron chi connectivity index (χ1n) is 5.51. The molecule has 2 heterocycles. The van der Waals surface area contributed by atoms with Crippen molar-refractivity contribution in [3.8, 4) is 5.75 Å². The summed E-state index contributed by atoms with van der Waals surface area (Å²) in [6.45, 7) is 1.68. The minimum atomic E-state index is 0.220. The van der Waals surface area contributed by atoms with Crippen LogP contribution in [0.25, 0.3) is 0 Å². The first-order valence-corrected chi connectivity index (χ1v) is 6.39. The molecule has 0 bridgehead atoms. The Bertz CT molecular complexity index is 324. The smallest absolute Gasteiger partial charge is 0.129 e. The van der Waals surface area contributed by atoms with Crippen molar-refractivity contribution < 1.29 is 9.47 Å². The van der Waals surface area contributed by atoms with Gasteiger partial charge in [-0.3, -0.25) is 11.3 Å². The van der Waals surface area contributed by atoms with Crippen molar-refractivity contribution in [3.05, 3.63) is 16.3 Å². The number of nitrogens with one attached hydrogen (secondary N) is 1. The Hall–Kier alpha value is -0.620. The zero-order chi connectivity index (χ0) is 11.4. The molecule has 0 spiro atoms. The lowest BCUT2D eigenvalue weighted by molar-refractivity contribution is 0.0540. The number of methoxy groups -OCH3 is 1. The van der Waals surface area contributed by atoms with Crippen molar-refractivity contribution >= 4 is 11.3 Å². The molecule has 1 aromatic heterocycles. The average Bonchev–Trinajstić information content (AvgIpc) is 2.80. The van der Waals surface area contributed by atoms with Crippen LogP contribution in [0.4, 0.5) is 0 Å². The van der Waals surface area contributed by atoms with E-state index in [-0.39, 0.29) is 6.04 Å². The summed E-state index contributed by atoms with van der Waals surface area (Å²) in [5.74, 6) is 7.13. The average molecular weight is 242 g/mol. The van der Waals surface area contributed by atoms with Crippen molar-refractivity contribution in [2.45, 2.75) is 18.9 Å². The summed E-state index contributed by atoms with van der Waals surface area (Å²) >= 11 is 1.69. The molecular weight excluding hydrogens is 224 g/mol. The van der Waals surface area contributed by atoms with Gasteiger partial charge in [-0.1, -0.05) is 0 Å². The maximum Gasteiger partial charge on any atom is 0.129 e. The van der Waals surface area contributed by atoms with Gasteiger partial charge >= 0.3 is 0 Å². The molecule has 4 nitrogen and oxygen atoms in total. The minimum Gasteiger partial charge on any atom is -0.496 e. The van der Waals surface area contributed by atoms with E-state index in [0.717, 1.165) is 31.8 Å². The van der Waals surface area contributed by atoms with Crippen molar-refractivity contribution in [3.63, 3.8) is 0 Å². The number of ether oxygens (including phenoxy) is 2.